The van der Waals surface area contributed by atoms with Crippen molar-refractivity contribution < 1.29 is 19.8 Å². The van der Waals surface area contributed by atoms with Gasteiger partial charge in [-0.25, -0.2) is 0 Å². The second kappa shape index (κ2) is 12.9. The van der Waals surface area contributed by atoms with Crippen LogP contribution in [0.15, 0.2) is 24.3 Å². The first kappa shape index (κ1) is 22.6. The van der Waals surface area contributed by atoms with E-state index in [9.17, 15) is 14.7 Å². The number of carboxylic acids is 1. The zero-order chi connectivity index (χ0) is 19.4. The Hall–Kier alpha value is -1.42. The minimum absolute atomic E-state index is 0.00453. The Bertz CT molecular complexity index is 481. The molecule has 1 saturated carbocycles. The minimum atomic E-state index is -0.766. The third-order valence-corrected chi connectivity index (χ3v) is 5.46. The Balaban J connectivity index is 2.49. The van der Waals surface area contributed by atoms with Crippen LogP contribution in [0.25, 0.3) is 0 Å². The summed E-state index contributed by atoms with van der Waals surface area (Å²) in [5, 5.41) is 19.1. The largest absolute Gasteiger partial charge is 0.481 e. The number of carbonyl (C=O) groups is 2. The molecule has 2 unspecified atom stereocenters. The molecule has 26 heavy (non-hydrogen) atoms. The zero-order valence-electron chi connectivity index (χ0n) is 16.4. The quantitative estimate of drug-likeness (QED) is 0.359. The summed E-state index contributed by atoms with van der Waals surface area (Å²) in [5.74, 6) is 0.0603. The van der Waals surface area contributed by atoms with Crippen LogP contribution in [0.1, 0.15) is 78.1 Å². The molecule has 4 heteroatoms. The summed E-state index contributed by atoms with van der Waals surface area (Å²) in [6.07, 6.45) is 15.6. The number of carbonyl (C=O) groups excluding carboxylic acids is 1. The van der Waals surface area contributed by atoms with Crippen LogP contribution in [0.5, 0.6) is 0 Å². The first-order chi connectivity index (χ1) is 12.5. The summed E-state index contributed by atoms with van der Waals surface area (Å²) in [5.41, 5.74) is 0. The SMILES string of the molecule is CCCCC(CC)C(O)C=C[C@H]1CCC(=O)[C@H]1CC=CCCCC(=O)O. The van der Waals surface area contributed by atoms with Gasteiger partial charge in [0.15, 0.2) is 0 Å². The Kier molecular flexibility index (Phi) is 11.2. The number of aliphatic carboxylic acids is 1. The maximum atomic E-state index is 12.2. The molecule has 148 valence electrons. The molecule has 0 aromatic carbocycles. The molecular formula is C22H36O4. The molecule has 0 heterocycles. The number of Topliss-reactive ketones (excluding diaryl/α,β-unsaturated/α-hetero) is 1. The van der Waals surface area contributed by atoms with Gasteiger partial charge in [0.2, 0.25) is 0 Å². The van der Waals surface area contributed by atoms with Crippen LogP contribution in [0, 0.1) is 17.8 Å². The molecule has 0 aromatic rings. The molecule has 0 radical (unpaired) electrons. The molecule has 0 aromatic heterocycles. The van der Waals surface area contributed by atoms with Gasteiger partial charge in [-0.2, -0.15) is 0 Å². The van der Waals surface area contributed by atoms with E-state index >= 15 is 0 Å². The Morgan fingerprint density at radius 2 is 2.04 bits per heavy atom. The molecule has 1 aliphatic rings. The lowest BCUT2D eigenvalue weighted by Crippen LogP contribution is -2.18. The van der Waals surface area contributed by atoms with E-state index in [1.54, 1.807) is 0 Å². The van der Waals surface area contributed by atoms with Gasteiger partial charge in [-0.15, -0.1) is 0 Å². The van der Waals surface area contributed by atoms with Gasteiger partial charge < -0.3 is 10.2 Å². The summed E-state index contributed by atoms with van der Waals surface area (Å²) >= 11 is 0. The molecule has 2 N–H and O–H groups in total. The number of allylic oxidation sites excluding steroid dienone is 3. The van der Waals surface area contributed by atoms with E-state index in [1.165, 1.54) is 0 Å². The number of rotatable bonds is 13. The highest BCUT2D eigenvalue weighted by molar-refractivity contribution is 5.83. The fourth-order valence-corrected chi connectivity index (χ4v) is 3.70. The highest BCUT2D eigenvalue weighted by Gasteiger charge is 2.32. The van der Waals surface area contributed by atoms with E-state index in [2.05, 4.69) is 19.9 Å². The van der Waals surface area contributed by atoms with Crippen molar-refractivity contribution in [3.8, 4) is 0 Å². The number of carboxylic acid groups (broad SMARTS) is 1. The molecule has 0 aliphatic heterocycles. The molecule has 1 fully saturated rings. The second-order valence-electron chi connectivity index (χ2n) is 7.45. The van der Waals surface area contributed by atoms with Gasteiger partial charge in [-0.05, 0) is 43.9 Å². The predicted molar refractivity (Wildman–Crippen MR) is 105 cm³/mol. The number of ketones is 1. The van der Waals surface area contributed by atoms with E-state index in [4.69, 9.17) is 5.11 Å². The summed E-state index contributed by atoms with van der Waals surface area (Å²) in [6.45, 7) is 4.29. The van der Waals surface area contributed by atoms with E-state index in [0.717, 1.165) is 38.5 Å². The van der Waals surface area contributed by atoms with Crippen LogP contribution in [-0.4, -0.2) is 28.1 Å². The minimum Gasteiger partial charge on any atom is -0.481 e. The average Bonchev–Trinajstić information content (AvgIpc) is 2.96. The van der Waals surface area contributed by atoms with Crippen LogP contribution in [-0.2, 0) is 9.59 Å². The normalized spacial score (nSPS) is 23.1. The third kappa shape index (κ3) is 8.31. The van der Waals surface area contributed by atoms with Crippen molar-refractivity contribution in [1.29, 1.82) is 0 Å². The highest BCUT2D eigenvalue weighted by atomic mass is 16.4. The van der Waals surface area contributed by atoms with Crippen molar-refractivity contribution in [2.45, 2.75) is 84.2 Å². The van der Waals surface area contributed by atoms with Crippen molar-refractivity contribution in [3.05, 3.63) is 24.3 Å². The van der Waals surface area contributed by atoms with E-state index in [0.29, 0.717) is 31.0 Å². The van der Waals surface area contributed by atoms with Crippen LogP contribution in [0.2, 0.25) is 0 Å². The topological polar surface area (TPSA) is 74.6 Å². The van der Waals surface area contributed by atoms with Gasteiger partial charge in [0.25, 0.3) is 0 Å². The monoisotopic (exact) mass is 364 g/mol. The second-order valence-corrected chi connectivity index (χ2v) is 7.45. The summed E-state index contributed by atoms with van der Waals surface area (Å²) in [7, 11) is 0. The van der Waals surface area contributed by atoms with Crippen molar-refractivity contribution >= 4 is 11.8 Å². The van der Waals surface area contributed by atoms with E-state index in [1.807, 2.05) is 18.2 Å². The number of aliphatic hydroxyl groups excluding tert-OH is 1. The zero-order valence-corrected chi connectivity index (χ0v) is 16.4. The predicted octanol–water partition coefficient (Wildman–Crippen LogP) is 4.92. The van der Waals surface area contributed by atoms with Crippen molar-refractivity contribution in [2.24, 2.45) is 17.8 Å². The molecule has 1 rings (SSSR count). The first-order valence-electron chi connectivity index (χ1n) is 10.2. The van der Waals surface area contributed by atoms with Crippen LogP contribution in [0.3, 0.4) is 0 Å². The first-order valence-corrected chi connectivity index (χ1v) is 10.2. The Morgan fingerprint density at radius 3 is 2.69 bits per heavy atom. The van der Waals surface area contributed by atoms with Gasteiger partial charge in [0.1, 0.15) is 5.78 Å². The Morgan fingerprint density at radius 1 is 1.27 bits per heavy atom. The van der Waals surface area contributed by atoms with Crippen molar-refractivity contribution in [3.63, 3.8) is 0 Å². The van der Waals surface area contributed by atoms with E-state index in [-0.39, 0.29) is 18.3 Å². The van der Waals surface area contributed by atoms with Gasteiger partial charge in [0.05, 0.1) is 6.10 Å². The van der Waals surface area contributed by atoms with Crippen molar-refractivity contribution in [1.82, 2.24) is 0 Å². The van der Waals surface area contributed by atoms with E-state index < -0.39 is 12.1 Å². The van der Waals surface area contributed by atoms with Crippen molar-refractivity contribution in [2.75, 3.05) is 0 Å². The highest BCUT2D eigenvalue weighted by Crippen LogP contribution is 2.33. The van der Waals surface area contributed by atoms with Crippen LogP contribution in [0.4, 0.5) is 0 Å². The lowest BCUT2D eigenvalue weighted by molar-refractivity contribution is -0.137. The molecule has 0 amide bonds. The molecule has 0 saturated heterocycles. The lowest BCUT2D eigenvalue weighted by atomic mass is 9.89. The number of hydrogen-bond acceptors (Lipinski definition) is 3. The van der Waals surface area contributed by atoms with Gasteiger partial charge in [-0.1, -0.05) is 57.4 Å². The molecule has 0 bridgehead atoms. The molecule has 4 atom stereocenters. The lowest BCUT2D eigenvalue weighted by Gasteiger charge is -2.19. The smallest absolute Gasteiger partial charge is 0.303 e. The number of unbranched alkanes of at least 4 members (excludes halogenated alkanes) is 2. The van der Waals surface area contributed by atoms with Gasteiger partial charge in [-0.3, -0.25) is 9.59 Å². The number of aliphatic hydroxyl groups is 1. The summed E-state index contributed by atoms with van der Waals surface area (Å²) in [6, 6.07) is 0. The molecule has 0 spiro atoms. The maximum absolute atomic E-state index is 12.2. The fraction of sp³-hybridized carbons (Fsp3) is 0.727. The van der Waals surface area contributed by atoms with Gasteiger partial charge >= 0.3 is 5.97 Å². The maximum Gasteiger partial charge on any atom is 0.303 e. The standard InChI is InChI=1S/C22H36O4/c1-3-5-10-17(4-2)20(23)15-13-18-14-16-21(24)19(18)11-8-6-7-9-12-22(25)26/h6,8,13,15,17-20,23H,3-5,7,9-12,14,16H2,1-2H3,(H,25,26)/t17?,18-,19-,20?/m0/s1. The fourth-order valence-electron chi connectivity index (χ4n) is 3.70. The Labute approximate surface area is 158 Å². The number of hydrogen-bond donors (Lipinski definition) is 2. The summed E-state index contributed by atoms with van der Waals surface area (Å²) in [4.78, 5) is 22.6. The molecular weight excluding hydrogens is 328 g/mol. The molecule has 1 aliphatic carbocycles. The van der Waals surface area contributed by atoms with Gasteiger partial charge in [0, 0.05) is 18.8 Å². The van der Waals surface area contributed by atoms with Crippen LogP contribution < -0.4 is 0 Å². The average molecular weight is 365 g/mol. The van der Waals surface area contributed by atoms with Crippen LogP contribution >= 0.6 is 0 Å². The molecule has 4 nitrogen and oxygen atoms in total. The summed E-state index contributed by atoms with van der Waals surface area (Å²) < 4.78 is 0. The third-order valence-electron chi connectivity index (χ3n) is 5.46.